The summed E-state index contributed by atoms with van der Waals surface area (Å²) in [5.41, 5.74) is 7.07. The number of hydrogen-bond acceptors (Lipinski definition) is 4. The Morgan fingerprint density at radius 3 is 2.72 bits per heavy atom. The second kappa shape index (κ2) is 8.40. The van der Waals surface area contributed by atoms with Gasteiger partial charge in [0.1, 0.15) is 5.75 Å². The second-order valence-electron chi connectivity index (χ2n) is 4.40. The highest BCUT2D eigenvalue weighted by atomic mass is 32.2. The van der Waals surface area contributed by atoms with E-state index in [9.17, 15) is 0 Å². The molecule has 4 heteroatoms. The number of ether oxygens (including phenoxy) is 1. The normalized spacial score (nSPS) is 12.7. The van der Waals surface area contributed by atoms with Crippen molar-refractivity contribution in [2.24, 2.45) is 5.73 Å². The number of thioether (sulfide) groups is 1. The number of nitrogens with two attached hydrogens (primary N) is 1. The van der Waals surface area contributed by atoms with Crippen LogP contribution in [-0.4, -0.2) is 43.7 Å². The molecule has 0 spiro atoms. The molecule has 1 unspecified atom stereocenters. The molecule has 1 aromatic rings. The molecule has 1 atom stereocenters. The molecule has 0 bridgehead atoms. The zero-order valence-corrected chi connectivity index (χ0v) is 12.4. The summed E-state index contributed by atoms with van der Waals surface area (Å²) in [4.78, 5) is 2.31. The molecule has 0 saturated heterocycles. The molecule has 0 fully saturated rings. The first-order chi connectivity index (χ1) is 8.72. The van der Waals surface area contributed by atoms with E-state index < -0.39 is 0 Å². The molecule has 2 N–H and O–H groups in total. The van der Waals surface area contributed by atoms with E-state index in [4.69, 9.17) is 10.5 Å². The van der Waals surface area contributed by atoms with Gasteiger partial charge in [-0.3, -0.25) is 4.90 Å². The van der Waals surface area contributed by atoms with Crippen LogP contribution in [0, 0.1) is 0 Å². The summed E-state index contributed by atoms with van der Waals surface area (Å²) in [5.74, 6) is 2.10. The SMILES string of the molecule is COc1ccccc1CN(C)C(CN)CCSC. The number of hydrogen-bond donors (Lipinski definition) is 1. The summed E-state index contributed by atoms with van der Waals surface area (Å²) >= 11 is 1.87. The van der Waals surface area contributed by atoms with Crippen LogP contribution in [-0.2, 0) is 6.54 Å². The highest BCUT2D eigenvalue weighted by Gasteiger charge is 2.14. The highest BCUT2D eigenvalue weighted by molar-refractivity contribution is 7.98. The van der Waals surface area contributed by atoms with Crippen LogP contribution >= 0.6 is 11.8 Å². The van der Waals surface area contributed by atoms with Crippen molar-refractivity contribution >= 4 is 11.8 Å². The van der Waals surface area contributed by atoms with Crippen molar-refractivity contribution in [2.45, 2.75) is 19.0 Å². The van der Waals surface area contributed by atoms with Crippen LogP contribution in [0.25, 0.3) is 0 Å². The van der Waals surface area contributed by atoms with Crippen LogP contribution in [0.2, 0.25) is 0 Å². The number of nitrogens with zero attached hydrogens (tertiary/aromatic N) is 1. The van der Waals surface area contributed by atoms with Crippen molar-refractivity contribution in [2.75, 3.05) is 32.7 Å². The van der Waals surface area contributed by atoms with Crippen LogP contribution in [0.1, 0.15) is 12.0 Å². The van der Waals surface area contributed by atoms with Gasteiger partial charge in [0.25, 0.3) is 0 Å². The maximum atomic E-state index is 5.86. The Labute approximate surface area is 115 Å². The molecule has 0 radical (unpaired) electrons. The van der Waals surface area contributed by atoms with Gasteiger partial charge in [-0.1, -0.05) is 18.2 Å². The van der Waals surface area contributed by atoms with Gasteiger partial charge in [-0.2, -0.15) is 11.8 Å². The van der Waals surface area contributed by atoms with Crippen molar-refractivity contribution in [3.63, 3.8) is 0 Å². The Kier molecular flexibility index (Phi) is 7.16. The number of para-hydroxylation sites is 1. The van der Waals surface area contributed by atoms with Gasteiger partial charge < -0.3 is 10.5 Å². The molecule has 0 aliphatic heterocycles. The molecule has 0 amide bonds. The Bertz CT molecular complexity index is 346. The third-order valence-corrected chi connectivity index (χ3v) is 3.81. The molecule has 0 aliphatic carbocycles. The number of methoxy groups -OCH3 is 1. The minimum atomic E-state index is 0.433. The molecular weight excluding hydrogens is 244 g/mol. The van der Waals surface area contributed by atoms with Gasteiger partial charge in [-0.05, 0) is 31.5 Å². The van der Waals surface area contributed by atoms with E-state index in [0.717, 1.165) is 24.5 Å². The number of benzene rings is 1. The van der Waals surface area contributed by atoms with Gasteiger partial charge in [0.2, 0.25) is 0 Å². The van der Waals surface area contributed by atoms with Crippen LogP contribution in [0.4, 0.5) is 0 Å². The Balaban J connectivity index is 2.63. The van der Waals surface area contributed by atoms with Crippen LogP contribution in [0.15, 0.2) is 24.3 Å². The fourth-order valence-corrected chi connectivity index (χ4v) is 2.51. The summed E-state index contributed by atoms with van der Waals surface area (Å²) in [5, 5.41) is 0. The molecule has 0 aromatic heterocycles. The lowest BCUT2D eigenvalue weighted by atomic mass is 10.1. The third-order valence-electron chi connectivity index (χ3n) is 3.16. The average molecular weight is 268 g/mol. The molecule has 1 aromatic carbocycles. The summed E-state index contributed by atoms with van der Waals surface area (Å²) < 4.78 is 5.38. The molecule has 102 valence electrons. The van der Waals surface area contributed by atoms with Gasteiger partial charge >= 0.3 is 0 Å². The summed E-state index contributed by atoms with van der Waals surface area (Å²) in [6.45, 7) is 1.58. The molecule has 0 aliphatic rings. The highest BCUT2D eigenvalue weighted by Crippen LogP contribution is 2.20. The van der Waals surface area contributed by atoms with Gasteiger partial charge in [0, 0.05) is 24.7 Å². The summed E-state index contributed by atoms with van der Waals surface area (Å²) in [6, 6.07) is 8.59. The van der Waals surface area contributed by atoms with Crippen LogP contribution in [0.3, 0.4) is 0 Å². The second-order valence-corrected chi connectivity index (χ2v) is 5.38. The van der Waals surface area contributed by atoms with Crippen molar-refractivity contribution in [3.05, 3.63) is 29.8 Å². The quantitative estimate of drug-likeness (QED) is 0.784. The third kappa shape index (κ3) is 4.52. The van der Waals surface area contributed by atoms with E-state index in [0.29, 0.717) is 12.6 Å². The van der Waals surface area contributed by atoms with Gasteiger partial charge in [-0.15, -0.1) is 0 Å². The largest absolute Gasteiger partial charge is 0.496 e. The molecular formula is C14H24N2OS. The molecule has 3 nitrogen and oxygen atoms in total. The van der Waals surface area contributed by atoms with Crippen LogP contribution < -0.4 is 10.5 Å². The van der Waals surface area contributed by atoms with E-state index in [2.05, 4.69) is 24.3 Å². The molecule has 0 saturated carbocycles. The minimum absolute atomic E-state index is 0.433. The van der Waals surface area contributed by atoms with Crippen LogP contribution in [0.5, 0.6) is 5.75 Å². The number of rotatable bonds is 8. The van der Waals surface area contributed by atoms with E-state index in [1.165, 1.54) is 5.56 Å². The standard InChI is InChI=1S/C14H24N2OS/c1-16(13(10-15)8-9-18-3)11-12-6-4-5-7-14(12)17-2/h4-7,13H,8-11,15H2,1-3H3. The van der Waals surface area contributed by atoms with Crippen molar-refractivity contribution < 1.29 is 4.74 Å². The summed E-state index contributed by atoms with van der Waals surface area (Å²) in [7, 11) is 3.84. The minimum Gasteiger partial charge on any atom is -0.496 e. The molecule has 18 heavy (non-hydrogen) atoms. The molecule has 1 rings (SSSR count). The first-order valence-electron chi connectivity index (χ1n) is 6.24. The Morgan fingerprint density at radius 2 is 2.11 bits per heavy atom. The van der Waals surface area contributed by atoms with Gasteiger partial charge in [-0.25, -0.2) is 0 Å². The topological polar surface area (TPSA) is 38.5 Å². The first-order valence-corrected chi connectivity index (χ1v) is 7.63. The average Bonchev–Trinajstić information content (AvgIpc) is 2.40. The fraction of sp³-hybridized carbons (Fsp3) is 0.571. The lowest BCUT2D eigenvalue weighted by molar-refractivity contribution is 0.231. The predicted octanol–water partition coefficient (Wildman–Crippen LogP) is 2.21. The zero-order valence-electron chi connectivity index (χ0n) is 11.6. The zero-order chi connectivity index (χ0) is 13.4. The predicted molar refractivity (Wildman–Crippen MR) is 80.3 cm³/mol. The Hall–Kier alpha value is -0.710. The van der Waals surface area contributed by atoms with E-state index in [1.807, 2.05) is 30.0 Å². The van der Waals surface area contributed by atoms with Crippen molar-refractivity contribution in [1.29, 1.82) is 0 Å². The van der Waals surface area contributed by atoms with Crippen molar-refractivity contribution in [3.8, 4) is 5.75 Å². The maximum Gasteiger partial charge on any atom is 0.123 e. The van der Waals surface area contributed by atoms with Gasteiger partial charge in [0.05, 0.1) is 7.11 Å². The number of likely N-dealkylation sites (N-methyl/N-ethyl adjacent to an activating group) is 1. The van der Waals surface area contributed by atoms with Gasteiger partial charge in [0.15, 0.2) is 0 Å². The maximum absolute atomic E-state index is 5.86. The lowest BCUT2D eigenvalue weighted by Gasteiger charge is -2.27. The monoisotopic (exact) mass is 268 g/mol. The molecule has 0 heterocycles. The summed E-state index contributed by atoms with van der Waals surface area (Å²) in [6.07, 6.45) is 3.26. The van der Waals surface area contributed by atoms with E-state index in [1.54, 1.807) is 7.11 Å². The smallest absolute Gasteiger partial charge is 0.123 e. The van der Waals surface area contributed by atoms with E-state index in [-0.39, 0.29) is 0 Å². The Morgan fingerprint density at radius 1 is 1.39 bits per heavy atom. The first kappa shape index (κ1) is 15.3. The fourth-order valence-electron chi connectivity index (χ4n) is 2.00. The lowest BCUT2D eigenvalue weighted by Crippen LogP contribution is -2.37. The van der Waals surface area contributed by atoms with Crippen molar-refractivity contribution in [1.82, 2.24) is 4.90 Å². The van der Waals surface area contributed by atoms with E-state index >= 15 is 0 Å².